The van der Waals surface area contributed by atoms with Gasteiger partial charge in [-0.3, -0.25) is 9.59 Å². The van der Waals surface area contributed by atoms with Gasteiger partial charge in [0, 0.05) is 29.7 Å². The van der Waals surface area contributed by atoms with Crippen molar-refractivity contribution in [1.29, 1.82) is 0 Å². The Morgan fingerprint density at radius 3 is 2.48 bits per heavy atom. The molecule has 156 valence electrons. The summed E-state index contributed by atoms with van der Waals surface area (Å²) in [4.78, 5) is 30.3. The van der Waals surface area contributed by atoms with Crippen LogP contribution in [0.3, 0.4) is 0 Å². The van der Waals surface area contributed by atoms with E-state index in [1.807, 2.05) is 35.0 Å². The van der Waals surface area contributed by atoms with E-state index in [-0.39, 0.29) is 23.2 Å². The van der Waals surface area contributed by atoms with E-state index in [0.29, 0.717) is 17.7 Å². The molecule has 5 nitrogen and oxygen atoms in total. The van der Waals surface area contributed by atoms with Gasteiger partial charge in [-0.25, -0.2) is 13.8 Å². The quantitative estimate of drug-likeness (QED) is 0.346. The van der Waals surface area contributed by atoms with Crippen LogP contribution in [0.15, 0.2) is 72.4 Å². The van der Waals surface area contributed by atoms with Crippen LogP contribution < -0.4 is 5.56 Å². The zero-order valence-electron chi connectivity index (χ0n) is 16.8. The first-order chi connectivity index (χ1) is 14.9. The topological polar surface area (TPSA) is 56.4 Å². The van der Waals surface area contributed by atoms with E-state index in [1.54, 1.807) is 13.0 Å². The maximum atomic E-state index is 14.1. The van der Waals surface area contributed by atoms with E-state index in [4.69, 9.17) is 0 Å². The summed E-state index contributed by atoms with van der Waals surface area (Å²) in [5, 5.41) is 0. The number of hydrogen-bond acceptors (Lipinski definition) is 3. The minimum absolute atomic E-state index is 0.127. The lowest BCUT2D eigenvalue weighted by Gasteiger charge is -2.13. The van der Waals surface area contributed by atoms with Crippen LogP contribution in [0, 0.1) is 11.6 Å². The van der Waals surface area contributed by atoms with Crippen molar-refractivity contribution in [2.45, 2.75) is 19.9 Å². The summed E-state index contributed by atoms with van der Waals surface area (Å²) in [6, 6.07) is 10.4. The number of imidazole rings is 1. The van der Waals surface area contributed by atoms with Crippen molar-refractivity contribution >= 4 is 17.0 Å². The van der Waals surface area contributed by atoms with Crippen LogP contribution in [-0.4, -0.2) is 19.7 Å². The molecule has 0 unspecified atom stereocenters. The summed E-state index contributed by atoms with van der Waals surface area (Å²) in [5.74, 6) is -2.82. The summed E-state index contributed by atoms with van der Waals surface area (Å²) in [6.07, 6.45) is 5.57. The smallest absolute Gasteiger partial charge is 0.254 e. The number of carbonyl (C=O) groups excluding carboxylic acids is 1. The maximum Gasteiger partial charge on any atom is 0.254 e. The van der Waals surface area contributed by atoms with E-state index in [2.05, 4.69) is 11.6 Å². The SMILES string of the molecule is C=C(C(=O)c1c(F)cccc1F)c1ccn(Cc2cn3ccccc3n2)c(=O)c1CC. The normalized spacial score (nSPS) is 11.1. The highest BCUT2D eigenvalue weighted by atomic mass is 19.1. The monoisotopic (exact) mass is 419 g/mol. The Morgan fingerprint density at radius 1 is 1.06 bits per heavy atom. The van der Waals surface area contributed by atoms with Gasteiger partial charge in [-0.05, 0) is 42.3 Å². The van der Waals surface area contributed by atoms with E-state index in [1.165, 1.54) is 16.8 Å². The van der Waals surface area contributed by atoms with Crippen molar-refractivity contribution in [3.8, 4) is 0 Å². The molecule has 0 radical (unpaired) electrons. The molecular formula is C24H19F2N3O2. The predicted molar refractivity (Wildman–Crippen MR) is 114 cm³/mol. The number of aromatic nitrogens is 3. The molecule has 31 heavy (non-hydrogen) atoms. The number of pyridine rings is 2. The average Bonchev–Trinajstić information content (AvgIpc) is 3.16. The third-order valence-electron chi connectivity index (χ3n) is 5.15. The molecule has 0 aliphatic heterocycles. The number of carbonyl (C=O) groups is 1. The van der Waals surface area contributed by atoms with Crippen LogP contribution in [0.5, 0.6) is 0 Å². The second-order valence-electron chi connectivity index (χ2n) is 7.10. The summed E-state index contributed by atoms with van der Waals surface area (Å²) < 4.78 is 31.5. The first-order valence-corrected chi connectivity index (χ1v) is 9.73. The average molecular weight is 419 g/mol. The number of halogens is 2. The second kappa shape index (κ2) is 8.10. The molecule has 0 N–H and O–H groups in total. The fourth-order valence-electron chi connectivity index (χ4n) is 3.60. The predicted octanol–water partition coefficient (Wildman–Crippen LogP) is 4.28. The van der Waals surface area contributed by atoms with E-state index < -0.39 is 23.0 Å². The van der Waals surface area contributed by atoms with Crippen molar-refractivity contribution in [2.75, 3.05) is 0 Å². The number of hydrogen-bond donors (Lipinski definition) is 0. The molecule has 0 aliphatic rings. The van der Waals surface area contributed by atoms with E-state index in [0.717, 1.165) is 17.8 Å². The Hall–Kier alpha value is -3.87. The minimum atomic E-state index is -0.968. The first kappa shape index (κ1) is 20.4. The first-order valence-electron chi connectivity index (χ1n) is 9.73. The second-order valence-corrected chi connectivity index (χ2v) is 7.10. The summed E-state index contributed by atoms with van der Waals surface area (Å²) in [5.41, 5.74) is 0.990. The molecule has 1 aromatic carbocycles. The van der Waals surface area contributed by atoms with E-state index >= 15 is 0 Å². The molecule has 4 aromatic rings. The molecule has 3 heterocycles. The molecule has 0 saturated heterocycles. The van der Waals surface area contributed by atoms with Crippen LogP contribution in [-0.2, 0) is 13.0 Å². The Morgan fingerprint density at radius 2 is 1.81 bits per heavy atom. The number of Topliss-reactive ketones (excluding diaryl/α,β-unsaturated/α-hetero) is 1. The highest BCUT2D eigenvalue weighted by molar-refractivity contribution is 6.28. The van der Waals surface area contributed by atoms with Gasteiger partial charge >= 0.3 is 0 Å². The van der Waals surface area contributed by atoms with Crippen molar-refractivity contribution in [1.82, 2.24) is 14.0 Å². The van der Waals surface area contributed by atoms with Gasteiger partial charge in [-0.15, -0.1) is 0 Å². The number of benzene rings is 1. The van der Waals surface area contributed by atoms with E-state index in [9.17, 15) is 18.4 Å². The Balaban J connectivity index is 1.70. The van der Waals surface area contributed by atoms with Crippen molar-refractivity contribution in [2.24, 2.45) is 0 Å². The number of ketones is 1. The van der Waals surface area contributed by atoms with Gasteiger partial charge < -0.3 is 8.97 Å². The van der Waals surface area contributed by atoms with Gasteiger partial charge in [0.2, 0.25) is 0 Å². The Labute approximate surface area is 176 Å². The van der Waals surface area contributed by atoms with Gasteiger partial charge in [0.25, 0.3) is 5.56 Å². The molecule has 7 heteroatoms. The largest absolute Gasteiger partial charge is 0.309 e. The Kier molecular flexibility index (Phi) is 5.33. The fraction of sp³-hybridized carbons (Fsp3) is 0.125. The number of allylic oxidation sites excluding steroid dienone is 1. The molecule has 0 aliphatic carbocycles. The van der Waals surface area contributed by atoms with Crippen molar-refractivity contribution in [3.63, 3.8) is 0 Å². The van der Waals surface area contributed by atoms with Gasteiger partial charge in [0.05, 0.1) is 17.8 Å². The van der Waals surface area contributed by atoms with Gasteiger partial charge in [0.1, 0.15) is 17.3 Å². The minimum Gasteiger partial charge on any atom is -0.309 e. The molecule has 0 amide bonds. The highest BCUT2D eigenvalue weighted by Gasteiger charge is 2.23. The Bertz CT molecular complexity index is 1330. The third kappa shape index (κ3) is 3.70. The lowest BCUT2D eigenvalue weighted by molar-refractivity contribution is 0.104. The van der Waals surface area contributed by atoms with Crippen LogP contribution in [0.4, 0.5) is 8.78 Å². The maximum absolute atomic E-state index is 14.1. The van der Waals surface area contributed by atoms with Crippen molar-refractivity contribution in [3.05, 3.63) is 112 Å². The highest BCUT2D eigenvalue weighted by Crippen LogP contribution is 2.24. The molecule has 0 spiro atoms. The summed E-state index contributed by atoms with van der Waals surface area (Å²) >= 11 is 0. The molecule has 0 bridgehead atoms. The number of nitrogens with zero attached hydrogens (tertiary/aromatic N) is 3. The van der Waals surface area contributed by atoms with Crippen LogP contribution in [0.2, 0.25) is 0 Å². The van der Waals surface area contributed by atoms with Gasteiger partial charge in [-0.1, -0.05) is 25.6 Å². The van der Waals surface area contributed by atoms with Crippen LogP contribution in [0.1, 0.15) is 34.1 Å². The summed E-state index contributed by atoms with van der Waals surface area (Å²) in [6.45, 7) is 5.75. The molecule has 0 saturated carbocycles. The molecule has 4 rings (SSSR count). The zero-order chi connectivity index (χ0) is 22.1. The lowest BCUT2D eigenvalue weighted by atomic mass is 9.94. The molecule has 0 atom stereocenters. The molecule has 3 aromatic heterocycles. The third-order valence-corrected chi connectivity index (χ3v) is 5.15. The van der Waals surface area contributed by atoms with Crippen molar-refractivity contribution < 1.29 is 13.6 Å². The number of fused-ring (bicyclic) bond motifs is 1. The fourth-order valence-corrected chi connectivity index (χ4v) is 3.60. The number of rotatable bonds is 6. The summed E-state index contributed by atoms with van der Waals surface area (Å²) in [7, 11) is 0. The molecule has 0 fully saturated rings. The zero-order valence-corrected chi connectivity index (χ0v) is 16.8. The van der Waals surface area contributed by atoms with Crippen LogP contribution >= 0.6 is 0 Å². The van der Waals surface area contributed by atoms with Gasteiger partial charge in [0.15, 0.2) is 5.78 Å². The molecular weight excluding hydrogens is 400 g/mol. The lowest BCUT2D eigenvalue weighted by Crippen LogP contribution is -2.26. The van der Waals surface area contributed by atoms with Crippen LogP contribution in [0.25, 0.3) is 11.2 Å². The standard InChI is InChI=1S/C24H19F2N3O2/c1-3-17-18(15(2)23(30)22-19(25)7-6-8-20(22)26)10-12-29(24(17)31)14-16-13-28-11-5-4-9-21(28)27-16/h4-13H,2-3,14H2,1H3. The van der Waals surface area contributed by atoms with Gasteiger partial charge in [-0.2, -0.15) is 0 Å².